The van der Waals surface area contributed by atoms with Gasteiger partial charge in [-0.05, 0) is 19.4 Å². The van der Waals surface area contributed by atoms with Crippen LogP contribution in [-0.2, 0) is 4.79 Å². The normalized spacial score (nSPS) is 17.5. The number of nitrogens with one attached hydrogen (secondary N) is 2. The minimum atomic E-state index is -0.0211. The number of hydrogen-bond donors (Lipinski definition) is 2. The molecule has 5 nitrogen and oxygen atoms in total. The molecule has 3 rings (SSSR count). The fourth-order valence-corrected chi connectivity index (χ4v) is 3.77. The molecule has 1 aliphatic rings. The van der Waals surface area contributed by atoms with E-state index in [0.29, 0.717) is 18.2 Å². The third-order valence-electron chi connectivity index (χ3n) is 3.56. The number of thioether (sulfide) groups is 1. The van der Waals surface area contributed by atoms with E-state index in [4.69, 9.17) is 4.74 Å². The van der Waals surface area contributed by atoms with E-state index in [9.17, 15) is 4.79 Å². The summed E-state index contributed by atoms with van der Waals surface area (Å²) in [5.74, 6) is 1.89. The Morgan fingerprint density at radius 3 is 3.05 bits per heavy atom. The van der Waals surface area contributed by atoms with Crippen molar-refractivity contribution in [2.45, 2.75) is 25.5 Å². The Kier molecular flexibility index (Phi) is 4.38. The van der Waals surface area contributed by atoms with Crippen LogP contribution in [0.15, 0.2) is 24.3 Å². The molecular weight excluding hydrogens is 298 g/mol. The Bertz CT molecular complexity index is 684. The third-order valence-corrected chi connectivity index (χ3v) is 4.81. The Labute approximate surface area is 133 Å². The first-order chi connectivity index (χ1) is 10.7. The van der Waals surface area contributed by atoms with E-state index in [1.807, 2.05) is 25.1 Å². The number of fused-ring (bicyclic) bond motifs is 1. The molecule has 0 unspecified atom stereocenters. The van der Waals surface area contributed by atoms with Crippen molar-refractivity contribution < 1.29 is 9.53 Å². The molecule has 0 saturated carbocycles. The molecule has 1 atom stereocenters. The highest BCUT2D eigenvalue weighted by Crippen LogP contribution is 2.45. The molecule has 0 bridgehead atoms. The number of amides is 1. The average Bonchev–Trinajstić information content (AvgIpc) is 2.78. The van der Waals surface area contributed by atoms with Crippen molar-refractivity contribution in [1.82, 2.24) is 10.2 Å². The lowest BCUT2D eigenvalue weighted by Gasteiger charge is -2.19. The molecule has 116 valence electrons. The number of para-hydroxylation sites is 1. The van der Waals surface area contributed by atoms with Gasteiger partial charge < -0.3 is 10.1 Å². The number of aromatic nitrogens is 2. The number of aryl methyl sites for hydroxylation is 1. The SMILES string of the molecule is CCCOc1ccccc1[C@H]1SCC(=O)Nc2n[nH]c(C)c21. The zero-order valence-electron chi connectivity index (χ0n) is 12.7. The molecule has 6 heteroatoms. The van der Waals surface area contributed by atoms with Crippen molar-refractivity contribution in [1.29, 1.82) is 0 Å². The van der Waals surface area contributed by atoms with Gasteiger partial charge in [-0.25, -0.2) is 0 Å². The number of nitrogens with zero attached hydrogens (tertiary/aromatic N) is 1. The maximum Gasteiger partial charge on any atom is 0.235 e. The van der Waals surface area contributed by atoms with Crippen molar-refractivity contribution in [2.75, 3.05) is 17.7 Å². The van der Waals surface area contributed by atoms with E-state index in [2.05, 4.69) is 28.5 Å². The summed E-state index contributed by atoms with van der Waals surface area (Å²) in [4.78, 5) is 11.9. The van der Waals surface area contributed by atoms with Crippen LogP contribution in [0, 0.1) is 6.92 Å². The number of H-pyrrole nitrogens is 1. The molecule has 1 aromatic carbocycles. The lowest BCUT2D eigenvalue weighted by atomic mass is 10.0. The molecule has 0 fully saturated rings. The number of carbonyl (C=O) groups excluding carboxylic acids is 1. The number of benzene rings is 1. The fraction of sp³-hybridized carbons (Fsp3) is 0.375. The summed E-state index contributed by atoms with van der Waals surface area (Å²) in [6.45, 7) is 4.75. The molecule has 2 heterocycles. The van der Waals surface area contributed by atoms with Gasteiger partial charge in [0.25, 0.3) is 0 Å². The van der Waals surface area contributed by atoms with Gasteiger partial charge in [0.1, 0.15) is 5.75 Å². The Hall–Kier alpha value is -1.95. The van der Waals surface area contributed by atoms with Crippen LogP contribution in [0.5, 0.6) is 5.75 Å². The van der Waals surface area contributed by atoms with Gasteiger partial charge in [-0.1, -0.05) is 25.1 Å². The summed E-state index contributed by atoms with van der Waals surface area (Å²) in [6.07, 6.45) is 0.960. The van der Waals surface area contributed by atoms with Gasteiger partial charge in [-0.3, -0.25) is 9.89 Å². The van der Waals surface area contributed by atoms with Crippen LogP contribution in [0.2, 0.25) is 0 Å². The second kappa shape index (κ2) is 6.44. The molecule has 1 aromatic heterocycles. The van der Waals surface area contributed by atoms with Gasteiger partial charge in [-0.2, -0.15) is 5.10 Å². The van der Waals surface area contributed by atoms with Crippen molar-refractivity contribution in [3.63, 3.8) is 0 Å². The minimum absolute atomic E-state index is 0.0211. The predicted molar refractivity (Wildman–Crippen MR) is 88.5 cm³/mol. The maximum atomic E-state index is 11.9. The van der Waals surface area contributed by atoms with Gasteiger partial charge in [0.15, 0.2) is 5.82 Å². The van der Waals surface area contributed by atoms with Crippen LogP contribution >= 0.6 is 11.8 Å². The van der Waals surface area contributed by atoms with Crippen molar-refractivity contribution in [2.24, 2.45) is 0 Å². The molecule has 0 radical (unpaired) electrons. The Morgan fingerprint density at radius 1 is 1.41 bits per heavy atom. The first-order valence-corrected chi connectivity index (χ1v) is 8.43. The van der Waals surface area contributed by atoms with E-state index in [1.165, 1.54) is 0 Å². The predicted octanol–water partition coefficient (Wildman–Crippen LogP) is 3.28. The lowest BCUT2D eigenvalue weighted by Crippen LogP contribution is -2.12. The zero-order valence-corrected chi connectivity index (χ0v) is 13.5. The third kappa shape index (κ3) is 2.83. The highest BCUT2D eigenvalue weighted by molar-refractivity contribution is 8.00. The molecule has 1 aliphatic heterocycles. The maximum absolute atomic E-state index is 11.9. The molecule has 22 heavy (non-hydrogen) atoms. The molecule has 0 saturated heterocycles. The highest BCUT2D eigenvalue weighted by Gasteiger charge is 2.29. The van der Waals surface area contributed by atoms with Crippen LogP contribution in [0.1, 0.15) is 35.4 Å². The summed E-state index contributed by atoms with van der Waals surface area (Å²) in [6, 6.07) is 8.03. The summed E-state index contributed by atoms with van der Waals surface area (Å²) in [7, 11) is 0. The van der Waals surface area contributed by atoms with Gasteiger partial charge >= 0.3 is 0 Å². The van der Waals surface area contributed by atoms with Crippen LogP contribution in [-0.4, -0.2) is 28.5 Å². The van der Waals surface area contributed by atoms with E-state index in [1.54, 1.807) is 11.8 Å². The number of hydrogen-bond acceptors (Lipinski definition) is 4. The fourth-order valence-electron chi connectivity index (χ4n) is 2.55. The summed E-state index contributed by atoms with van der Waals surface area (Å²) >= 11 is 1.60. The number of rotatable bonds is 4. The summed E-state index contributed by atoms with van der Waals surface area (Å²) in [5, 5.41) is 10.1. The quantitative estimate of drug-likeness (QED) is 0.908. The van der Waals surface area contributed by atoms with E-state index in [0.717, 1.165) is 29.0 Å². The number of carbonyl (C=O) groups is 1. The van der Waals surface area contributed by atoms with Gasteiger partial charge in [0.05, 0.1) is 17.6 Å². The Balaban J connectivity index is 2.04. The standard InChI is InChI=1S/C16H19N3O2S/c1-3-8-21-12-7-5-4-6-11(12)15-14-10(2)18-19-16(14)17-13(20)9-22-15/h4-7,15H,3,8-9H2,1-2H3,(H2,17,18,19,20)/t15-/m1/s1. The first kappa shape index (κ1) is 15.0. The number of ether oxygens (including phenoxy) is 1. The van der Waals surface area contributed by atoms with Gasteiger partial charge in [0.2, 0.25) is 5.91 Å². The van der Waals surface area contributed by atoms with Crippen molar-refractivity contribution in [3.05, 3.63) is 41.1 Å². The molecule has 0 spiro atoms. The van der Waals surface area contributed by atoms with Crippen molar-refractivity contribution in [3.8, 4) is 5.75 Å². The van der Waals surface area contributed by atoms with Crippen LogP contribution in [0.4, 0.5) is 5.82 Å². The van der Waals surface area contributed by atoms with Gasteiger partial charge in [0, 0.05) is 16.8 Å². The molecule has 2 N–H and O–H groups in total. The highest BCUT2D eigenvalue weighted by atomic mass is 32.2. The second-order valence-corrected chi connectivity index (χ2v) is 6.33. The largest absolute Gasteiger partial charge is 0.493 e. The summed E-state index contributed by atoms with van der Waals surface area (Å²) in [5.41, 5.74) is 3.09. The minimum Gasteiger partial charge on any atom is -0.493 e. The van der Waals surface area contributed by atoms with Crippen molar-refractivity contribution >= 4 is 23.5 Å². The monoisotopic (exact) mass is 317 g/mol. The van der Waals surface area contributed by atoms with E-state index in [-0.39, 0.29) is 11.2 Å². The lowest BCUT2D eigenvalue weighted by molar-refractivity contribution is -0.113. The average molecular weight is 317 g/mol. The molecule has 2 aromatic rings. The van der Waals surface area contributed by atoms with Gasteiger partial charge in [-0.15, -0.1) is 11.8 Å². The van der Waals surface area contributed by atoms with Crippen LogP contribution in [0.25, 0.3) is 0 Å². The number of anilines is 1. The molecular formula is C16H19N3O2S. The number of aromatic amines is 1. The smallest absolute Gasteiger partial charge is 0.235 e. The molecule has 0 aliphatic carbocycles. The van der Waals surface area contributed by atoms with E-state index >= 15 is 0 Å². The molecule has 1 amide bonds. The zero-order chi connectivity index (χ0) is 15.5. The Morgan fingerprint density at radius 2 is 2.23 bits per heavy atom. The van der Waals surface area contributed by atoms with E-state index < -0.39 is 0 Å². The van der Waals surface area contributed by atoms with Crippen LogP contribution in [0.3, 0.4) is 0 Å². The second-order valence-electron chi connectivity index (χ2n) is 5.24. The topological polar surface area (TPSA) is 67.0 Å². The first-order valence-electron chi connectivity index (χ1n) is 7.38. The summed E-state index contributed by atoms with van der Waals surface area (Å²) < 4.78 is 5.89. The van der Waals surface area contributed by atoms with Crippen LogP contribution < -0.4 is 10.1 Å².